The van der Waals surface area contributed by atoms with Crippen molar-refractivity contribution in [2.45, 2.75) is 49.9 Å². The third-order valence-electron chi connectivity index (χ3n) is 6.89. The molecule has 3 aromatic rings. The normalized spacial score (nSPS) is 21.9. The third-order valence-corrected chi connectivity index (χ3v) is 6.89. The van der Waals surface area contributed by atoms with Crippen LogP contribution in [0.1, 0.15) is 35.4 Å². The second-order valence-electron chi connectivity index (χ2n) is 9.53. The number of rotatable bonds is 9. The van der Waals surface area contributed by atoms with Gasteiger partial charge in [0.25, 0.3) is 0 Å². The van der Waals surface area contributed by atoms with Gasteiger partial charge in [0.15, 0.2) is 0 Å². The first-order valence-corrected chi connectivity index (χ1v) is 12.7. The smallest absolute Gasteiger partial charge is 0.228 e. The molecule has 1 fully saturated rings. The number of ether oxygens (including phenoxy) is 2. The maximum Gasteiger partial charge on any atom is 0.228 e. The van der Waals surface area contributed by atoms with Gasteiger partial charge in [0, 0.05) is 36.1 Å². The summed E-state index contributed by atoms with van der Waals surface area (Å²) in [6.07, 6.45) is 3.95. The van der Waals surface area contributed by atoms with E-state index < -0.39 is 6.10 Å². The molecule has 1 saturated heterocycles. The van der Waals surface area contributed by atoms with Crippen molar-refractivity contribution in [1.29, 1.82) is 0 Å². The standard InChI is InChI=1S/C29H31N3O5/c33-18-26-29-24(16-22(36-26)17-27(34)31-13-10-19-4-2-1-3-5-19)23-15-21(6-7-25(23)37-29)32-28(35)14-20-8-11-30-12-9-20/h1-9,11-12,15,22,24,26,29,33H,10,13-14,16-18H2,(H,31,34)(H,32,35)/t22-,24+,26+,29-/m1/s1. The highest BCUT2D eigenvalue weighted by Gasteiger charge is 2.46. The number of aliphatic hydroxyl groups excluding tert-OH is 1. The average Bonchev–Trinajstić information content (AvgIpc) is 3.27. The Bertz CT molecular complexity index is 1220. The van der Waals surface area contributed by atoms with Crippen LogP contribution in [0.15, 0.2) is 73.1 Å². The number of fused-ring (bicyclic) bond motifs is 3. The Labute approximate surface area is 216 Å². The van der Waals surface area contributed by atoms with Crippen molar-refractivity contribution in [1.82, 2.24) is 10.3 Å². The fourth-order valence-electron chi connectivity index (χ4n) is 5.13. The molecule has 1 aromatic heterocycles. The van der Waals surface area contributed by atoms with Crippen molar-refractivity contribution in [2.24, 2.45) is 0 Å². The molecular weight excluding hydrogens is 470 g/mol. The van der Waals surface area contributed by atoms with Crippen LogP contribution in [0.2, 0.25) is 0 Å². The quantitative estimate of drug-likeness (QED) is 0.416. The van der Waals surface area contributed by atoms with Gasteiger partial charge in [-0.25, -0.2) is 0 Å². The molecule has 2 aliphatic heterocycles. The van der Waals surface area contributed by atoms with Crippen LogP contribution >= 0.6 is 0 Å². The van der Waals surface area contributed by atoms with Gasteiger partial charge >= 0.3 is 0 Å². The largest absolute Gasteiger partial charge is 0.487 e. The lowest BCUT2D eigenvalue weighted by Crippen LogP contribution is -2.47. The second kappa shape index (κ2) is 11.5. The van der Waals surface area contributed by atoms with Gasteiger partial charge in [-0.05, 0) is 54.3 Å². The number of nitrogens with one attached hydrogen (secondary N) is 2. The number of hydrogen-bond donors (Lipinski definition) is 3. The molecule has 2 aliphatic rings. The second-order valence-corrected chi connectivity index (χ2v) is 9.53. The van der Waals surface area contributed by atoms with Crippen LogP contribution in [0.25, 0.3) is 0 Å². The maximum absolute atomic E-state index is 12.6. The number of aromatic nitrogens is 1. The summed E-state index contributed by atoms with van der Waals surface area (Å²) in [4.78, 5) is 29.2. The predicted molar refractivity (Wildman–Crippen MR) is 138 cm³/mol. The summed E-state index contributed by atoms with van der Waals surface area (Å²) in [6.45, 7) is 0.357. The van der Waals surface area contributed by atoms with Crippen molar-refractivity contribution in [3.05, 3.63) is 89.7 Å². The van der Waals surface area contributed by atoms with Gasteiger partial charge in [-0.2, -0.15) is 0 Å². The topological polar surface area (TPSA) is 110 Å². The van der Waals surface area contributed by atoms with E-state index in [1.165, 1.54) is 5.56 Å². The van der Waals surface area contributed by atoms with Crippen molar-refractivity contribution in [3.63, 3.8) is 0 Å². The number of anilines is 1. The van der Waals surface area contributed by atoms with Crippen molar-refractivity contribution in [3.8, 4) is 5.75 Å². The fourth-order valence-corrected chi connectivity index (χ4v) is 5.13. The van der Waals surface area contributed by atoms with Crippen LogP contribution in [0, 0.1) is 0 Å². The van der Waals surface area contributed by atoms with Gasteiger partial charge in [-0.3, -0.25) is 14.6 Å². The van der Waals surface area contributed by atoms with Crippen LogP contribution in [0.5, 0.6) is 5.75 Å². The number of carbonyl (C=O) groups excluding carboxylic acids is 2. The predicted octanol–water partition coefficient (Wildman–Crippen LogP) is 3.01. The lowest BCUT2D eigenvalue weighted by atomic mass is 9.84. The molecule has 37 heavy (non-hydrogen) atoms. The zero-order chi connectivity index (χ0) is 25.6. The Kier molecular flexibility index (Phi) is 7.77. The average molecular weight is 502 g/mol. The van der Waals surface area contributed by atoms with E-state index in [1.807, 2.05) is 60.7 Å². The van der Waals surface area contributed by atoms with Gasteiger partial charge in [-0.1, -0.05) is 30.3 Å². The summed E-state index contributed by atoms with van der Waals surface area (Å²) in [5, 5.41) is 15.9. The first-order chi connectivity index (χ1) is 18.1. The van der Waals surface area contributed by atoms with Gasteiger partial charge in [0.1, 0.15) is 18.0 Å². The van der Waals surface area contributed by atoms with Crippen molar-refractivity contribution >= 4 is 17.5 Å². The number of hydrogen-bond acceptors (Lipinski definition) is 6. The summed E-state index contributed by atoms with van der Waals surface area (Å²) in [7, 11) is 0. The van der Waals surface area contributed by atoms with Crippen LogP contribution in [0.3, 0.4) is 0 Å². The van der Waals surface area contributed by atoms with Gasteiger partial charge < -0.3 is 25.2 Å². The number of benzene rings is 2. The van der Waals surface area contributed by atoms with Crippen LogP contribution < -0.4 is 15.4 Å². The van der Waals surface area contributed by atoms with E-state index in [9.17, 15) is 14.7 Å². The lowest BCUT2D eigenvalue weighted by molar-refractivity contribution is -0.142. The molecule has 0 bridgehead atoms. The van der Waals surface area contributed by atoms with Crippen LogP contribution in [-0.2, 0) is 27.2 Å². The highest BCUT2D eigenvalue weighted by atomic mass is 16.6. The number of nitrogens with zero attached hydrogens (tertiary/aromatic N) is 1. The molecule has 0 unspecified atom stereocenters. The minimum Gasteiger partial charge on any atom is -0.487 e. The Hall–Kier alpha value is -3.75. The van der Waals surface area contributed by atoms with Gasteiger partial charge in [0.2, 0.25) is 11.8 Å². The number of carbonyl (C=O) groups is 2. The molecule has 4 atom stereocenters. The summed E-state index contributed by atoms with van der Waals surface area (Å²) >= 11 is 0. The highest BCUT2D eigenvalue weighted by Crippen LogP contribution is 2.47. The van der Waals surface area contributed by atoms with Crippen LogP contribution in [0.4, 0.5) is 5.69 Å². The summed E-state index contributed by atoms with van der Waals surface area (Å²) < 4.78 is 12.2. The molecule has 3 N–H and O–H groups in total. The van der Waals surface area contributed by atoms with E-state index in [-0.39, 0.29) is 49.4 Å². The molecule has 0 aliphatic carbocycles. The zero-order valence-corrected chi connectivity index (χ0v) is 20.5. The Morgan fingerprint density at radius 3 is 2.59 bits per heavy atom. The summed E-state index contributed by atoms with van der Waals surface area (Å²) in [5.41, 5.74) is 3.70. The third kappa shape index (κ3) is 6.15. The SMILES string of the molecule is O=C(C[C@H]1C[C@H]2c3cc(NC(=O)Cc4ccncc4)ccc3O[C@H]2[C@H](CO)O1)NCCc1ccccc1. The molecule has 3 heterocycles. The van der Waals surface area contributed by atoms with Gasteiger partial charge in [-0.15, -0.1) is 0 Å². The monoisotopic (exact) mass is 501 g/mol. The molecule has 0 radical (unpaired) electrons. The molecule has 8 nitrogen and oxygen atoms in total. The minimum absolute atomic E-state index is 0.0416. The molecule has 0 saturated carbocycles. The Morgan fingerprint density at radius 2 is 1.81 bits per heavy atom. The van der Waals surface area contributed by atoms with Crippen LogP contribution in [-0.4, -0.2) is 53.4 Å². The van der Waals surface area contributed by atoms with E-state index in [2.05, 4.69) is 15.6 Å². The molecule has 2 aromatic carbocycles. The molecule has 8 heteroatoms. The first kappa shape index (κ1) is 24.9. The number of aliphatic hydroxyl groups is 1. The zero-order valence-electron chi connectivity index (χ0n) is 20.5. The molecule has 2 amide bonds. The fraction of sp³-hybridized carbons (Fsp3) is 0.345. The molecule has 5 rings (SSSR count). The number of pyridine rings is 1. The van der Waals surface area contributed by atoms with Crippen molar-refractivity contribution < 1.29 is 24.2 Å². The first-order valence-electron chi connectivity index (χ1n) is 12.7. The Morgan fingerprint density at radius 1 is 1.00 bits per heavy atom. The maximum atomic E-state index is 12.6. The highest BCUT2D eigenvalue weighted by molar-refractivity contribution is 5.92. The molecule has 192 valence electrons. The van der Waals surface area contributed by atoms with Crippen molar-refractivity contribution in [2.75, 3.05) is 18.5 Å². The molecular formula is C29H31N3O5. The lowest BCUT2D eigenvalue weighted by Gasteiger charge is -2.37. The van der Waals surface area contributed by atoms with E-state index in [1.54, 1.807) is 12.4 Å². The minimum atomic E-state index is -0.530. The summed E-state index contributed by atoms with van der Waals surface area (Å²) in [5.74, 6) is 0.483. The van der Waals surface area contributed by atoms with E-state index in [4.69, 9.17) is 9.47 Å². The van der Waals surface area contributed by atoms with E-state index in [0.717, 1.165) is 23.3 Å². The number of amides is 2. The van der Waals surface area contributed by atoms with E-state index >= 15 is 0 Å². The molecule has 0 spiro atoms. The summed E-state index contributed by atoms with van der Waals surface area (Å²) in [6, 6.07) is 19.2. The van der Waals surface area contributed by atoms with E-state index in [0.29, 0.717) is 18.7 Å². The van der Waals surface area contributed by atoms with Gasteiger partial charge in [0.05, 0.1) is 25.6 Å². The Balaban J connectivity index is 1.20.